The lowest BCUT2D eigenvalue weighted by Crippen LogP contribution is -2.35. The first-order valence-corrected chi connectivity index (χ1v) is 8.34. The van der Waals surface area contributed by atoms with Gasteiger partial charge in [-0.2, -0.15) is 9.97 Å². The van der Waals surface area contributed by atoms with E-state index in [1.165, 1.54) is 12.1 Å². The Kier molecular flexibility index (Phi) is 5.07. The van der Waals surface area contributed by atoms with E-state index in [2.05, 4.69) is 27.9 Å². The highest BCUT2D eigenvalue weighted by Gasteiger charge is 2.24. The predicted molar refractivity (Wildman–Crippen MR) is 84.9 cm³/mol. The number of hydrogen-bond donors (Lipinski definition) is 0. The molecule has 23 heavy (non-hydrogen) atoms. The molecular formula is C14H12ClN4O3S. The second-order valence-corrected chi connectivity index (χ2v) is 6.43. The highest BCUT2D eigenvalue weighted by atomic mass is 35.5. The quantitative estimate of drug-likeness (QED) is 0.817. The van der Waals surface area contributed by atoms with Crippen molar-refractivity contribution in [1.82, 2.24) is 19.3 Å². The zero-order valence-electron chi connectivity index (χ0n) is 12.1. The van der Waals surface area contributed by atoms with Crippen LogP contribution in [0.5, 0.6) is 0 Å². The average molecular weight is 352 g/mol. The molecule has 2 aromatic rings. The molecule has 1 heterocycles. The number of carbonyl (C=O) groups excluding carboxylic acids is 1. The van der Waals surface area contributed by atoms with E-state index < -0.39 is 15.9 Å². The Labute approximate surface area is 138 Å². The van der Waals surface area contributed by atoms with Gasteiger partial charge in [-0.1, -0.05) is 18.7 Å². The van der Waals surface area contributed by atoms with Crippen LogP contribution in [0.4, 0.5) is 0 Å². The van der Waals surface area contributed by atoms with Crippen LogP contribution >= 0.6 is 11.6 Å². The minimum Gasteiger partial charge on any atom is -0.268 e. The van der Waals surface area contributed by atoms with Gasteiger partial charge in [0, 0.05) is 23.1 Å². The Balaban J connectivity index is 2.43. The van der Waals surface area contributed by atoms with Gasteiger partial charge in [0.2, 0.25) is 11.6 Å². The molecule has 2 rings (SSSR count). The Hall–Kier alpha value is -2.32. The van der Waals surface area contributed by atoms with Crippen LogP contribution in [0.2, 0.25) is 5.28 Å². The SMILES string of the molecule is C=CS(=O)(=O)N(CC)C(=O)c1cccc(-c2n[c]nc(Cl)n2)c1. The summed E-state index contributed by atoms with van der Waals surface area (Å²) in [5.74, 6) is -0.437. The number of rotatable bonds is 5. The third-order valence-electron chi connectivity index (χ3n) is 2.90. The van der Waals surface area contributed by atoms with Gasteiger partial charge >= 0.3 is 0 Å². The molecule has 0 atom stereocenters. The van der Waals surface area contributed by atoms with Gasteiger partial charge in [-0.3, -0.25) is 4.79 Å². The Morgan fingerprint density at radius 3 is 2.78 bits per heavy atom. The van der Waals surface area contributed by atoms with Gasteiger partial charge in [-0.05, 0) is 30.7 Å². The second-order valence-electron chi connectivity index (χ2n) is 4.29. The first-order chi connectivity index (χ1) is 10.9. The molecule has 9 heteroatoms. The van der Waals surface area contributed by atoms with Gasteiger partial charge in [0.15, 0.2) is 5.82 Å². The molecule has 1 aromatic carbocycles. The molecule has 0 spiro atoms. The Bertz CT molecular complexity index is 855. The van der Waals surface area contributed by atoms with E-state index in [4.69, 9.17) is 11.6 Å². The summed E-state index contributed by atoms with van der Waals surface area (Å²) >= 11 is 5.69. The number of hydrogen-bond acceptors (Lipinski definition) is 6. The standard InChI is InChI=1S/C14H12ClN4O3S/c1-3-19(23(21,22)4-2)13(20)11-7-5-6-10(8-11)12-16-9-17-14(15)18-12/h4-8H,2-3H2,1H3. The number of amides is 1. The fourth-order valence-corrected chi connectivity index (χ4v) is 2.84. The molecule has 0 bridgehead atoms. The molecule has 1 amide bonds. The van der Waals surface area contributed by atoms with E-state index in [1.54, 1.807) is 19.1 Å². The van der Waals surface area contributed by atoms with Gasteiger partial charge < -0.3 is 0 Å². The van der Waals surface area contributed by atoms with E-state index in [-0.39, 0.29) is 23.2 Å². The normalized spacial score (nSPS) is 11.0. The molecule has 0 fully saturated rings. The molecule has 7 nitrogen and oxygen atoms in total. The lowest BCUT2D eigenvalue weighted by molar-refractivity contribution is 0.0867. The first kappa shape index (κ1) is 17.0. The van der Waals surface area contributed by atoms with Crippen LogP contribution in [0.25, 0.3) is 11.4 Å². The first-order valence-electron chi connectivity index (χ1n) is 6.46. The fraction of sp³-hybridized carbons (Fsp3) is 0.143. The Morgan fingerprint density at radius 2 is 2.17 bits per heavy atom. The van der Waals surface area contributed by atoms with E-state index in [0.29, 0.717) is 5.56 Å². The summed E-state index contributed by atoms with van der Waals surface area (Å²) in [6.45, 7) is 4.77. The second kappa shape index (κ2) is 6.84. The van der Waals surface area contributed by atoms with Crippen LogP contribution < -0.4 is 0 Å². The van der Waals surface area contributed by atoms with Gasteiger partial charge in [0.05, 0.1) is 0 Å². The largest absolute Gasteiger partial charge is 0.268 e. The molecule has 0 saturated heterocycles. The highest BCUT2D eigenvalue weighted by Crippen LogP contribution is 2.19. The summed E-state index contributed by atoms with van der Waals surface area (Å²) in [5, 5.41) is 0.704. The molecule has 0 aliphatic rings. The highest BCUT2D eigenvalue weighted by molar-refractivity contribution is 7.92. The van der Waals surface area contributed by atoms with Crippen molar-refractivity contribution in [2.24, 2.45) is 0 Å². The number of benzene rings is 1. The minimum absolute atomic E-state index is 0.0111. The fourth-order valence-electron chi connectivity index (χ4n) is 1.84. The maximum atomic E-state index is 12.4. The number of aromatic nitrogens is 3. The maximum Gasteiger partial charge on any atom is 0.267 e. The van der Waals surface area contributed by atoms with Gasteiger partial charge in [0.1, 0.15) is 0 Å². The summed E-state index contributed by atoms with van der Waals surface area (Å²) in [4.78, 5) is 23.8. The third kappa shape index (κ3) is 3.72. The smallest absolute Gasteiger partial charge is 0.267 e. The zero-order chi connectivity index (χ0) is 17.0. The summed E-state index contributed by atoms with van der Waals surface area (Å²) in [5.41, 5.74) is 0.662. The van der Waals surface area contributed by atoms with E-state index in [0.717, 1.165) is 9.71 Å². The van der Waals surface area contributed by atoms with E-state index in [1.807, 2.05) is 0 Å². The van der Waals surface area contributed by atoms with Crippen molar-refractivity contribution in [2.75, 3.05) is 6.54 Å². The van der Waals surface area contributed by atoms with Crippen molar-refractivity contribution in [1.29, 1.82) is 0 Å². The van der Waals surface area contributed by atoms with Crippen molar-refractivity contribution in [3.05, 3.63) is 53.4 Å². The van der Waals surface area contributed by atoms with Crippen LogP contribution in [0, 0.1) is 6.33 Å². The summed E-state index contributed by atoms with van der Waals surface area (Å²) in [6, 6.07) is 6.23. The Morgan fingerprint density at radius 1 is 1.43 bits per heavy atom. The van der Waals surface area contributed by atoms with Crippen LogP contribution in [0.1, 0.15) is 17.3 Å². The summed E-state index contributed by atoms with van der Waals surface area (Å²) in [7, 11) is -3.86. The van der Waals surface area contributed by atoms with E-state index >= 15 is 0 Å². The number of nitrogens with zero attached hydrogens (tertiary/aromatic N) is 4. The summed E-state index contributed by atoms with van der Waals surface area (Å²) < 4.78 is 24.5. The molecule has 119 valence electrons. The molecule has 0 unspecified atom stereocenters. The van der Waals surface area contributed by atoms with Gasteiger partial charge in [0.25, 0.3) is 15.9 Å². The van der Waals surface area contributed by atoms with Gasteiger partial charge in [-0.25, -0.2) is 17.7 Å². The number of halogens is 1. The van der Waals surface area contributed by atoms with Crippen molar-refractivity contribution in [3.8, 4) is 11.4 Å². The topological polar surface area (TPSA) is 93.1 Å². The molecular weight excluding hydrogens is 340 g/mol. The molecule has 1 radical (unpaired) electrons. The molecule has 0 saturated carbocycles. The van der Waals surface area contributed by atoms with Crippen molar-refractivity contribution in [2.45, 2.75) is 6.92 Å². The molecule has 0 aliphatic heterocycles. The van der Waals surface area contributed by atoms with Crippen molar-refractivity contribution >= 4 is 27.5 Å². The minimum atomic E-state index is -3.86. The average Bonchev–Trinajstić information content (AvgIpc) is 2.55. The maximum absolute atomic E-state index is 12.4. The van der Waals surface area contributed by atoms with Crippen LogP contribution in [-0.4, -0.2) is 40.1 Å². The zero-order valence-corrected chi connectivity index (χ0v) is 13.7. The van der Waals surface area contributed by atoms with Crippen molar-refractivity contribution in [3.63, 3.8) is 0 Å². The van der Waals surface area contributed by atoms with Crippen molar-refractivity contribution < 1.29 is 13.2 Å². The lowest BCUT2D eigenvalue weighted by Gasteiger charge is -2.18. The molecule has 0 N–H and O–H groups in total. The monoisotopic (exact) mass is 351 g/mol. The summed E-state index contributed by atoms with van der Waals surface area (Å²) in [6.07, 6.45) is 2.34. The third-order valence-corrected chi connectivity index (χ3v) is 4.52. The predicted octanol–water partition coefficient (Wildman–Crippen LogP) is 1.93. The van der Waals surface area contributed by atoms with Crippen LogP contribution in [0.3, 0.4) is 0 Å². The molecule has 0 aliphatic carbocycles. The lowest BCUT2D eigenvalue weighted by atomic mass is 10.1. The van der Waals surface area contributed by atoms with E-state index in [9.17, 15) is 13.2 Å². The van der Waals surface area contributed by atoms with Crippen LogP contribution in [0.15, 0.2) is 36.3 Å². The molecule has 1 aromatic heterocycles. The number of sulfonamides is 1. The van der Waals surface area contributed by atoms with Gasteiger partial charge in [-0.15, -0.1) is 0 Å². The number of carbonyl (C=O) groups is 1. The van der Waals surface area contributed by atoms with Crippen LogP contribution in [-0.2, 0) is 10.0 Å².